The van der Waals surface area contributed by atoms with E-state index in [0.29, 0.717) is 0 Å². The molecule has 0 aliphatic carbocycles. The number of amides is 1. The molecule has 0 aliphatic heterocycles. The number of carbonyl (C=O) groups is 1. The monoisotopic (exact) mass is 319 g/mol. The van der Waals surface area contributed by atoms with Crippen LogP contribution in [0.1, 0.15) is 37.7 Å². The Morgan fingerprint density at radius 3 is 2.09 bits per heavy atom. The van der Waals surface area contributed by atoms with Crippen LogP contribution < -0.4 is 5.32 Å². The molecule has 1 amide bonds. The molecule has 1 aromatic carbocycles. The maximum Gasteiger partial charge on any atom is 0.349 e. The van der Waals surface area contributed by atoms with Gasteiger partial charge >= 0.3 is 5.92 Å². The number of alkyl halides is 2. The minimum atomic E-state index is -3.61. The minimum absolute atomic E-state index is 0.138. The summed E-state index contributed by atoms with van der Waals surface area (Å²) in [6, 6.07) is 7.43. The highest BCUT2D eigenvalue weighted by atomic mass is 19.3. The van der Waals surface area contributed by atoms with Crippen molar-refractivity contribution in [2.45, 2.75) is 38.7 Å². The molecule has 1 heterocycles. The number of hydrogen-bond donors (Lipinski definition) is 1. The van der Waals surface area contributed by atoms with Crippen molar-refractivity contribution in [3.63, 3.8) is 0 Å². The lowest BCUT2D eigenvalue weighted by Crippen LogP contribution is -2.38. The summed E-state index contributed by atoms with van der Waals surface area (Å²) >= 11 is 0. The van der Waals surface area contributed by atoms with Crippen molar-refractivity contribution < 1.29 is 13.6 Å². The standard InChI is InChI=1S/C17H19F2N3O/c1-16(2,3)12-5-7-13(8-6-12)17(18,19)15(23)22-11-14-20-9-4-10-21-14/h4-10H,11H2,1-3H3,(H,22,23). The molecule has 0 fully saturated rings. The second kappa shape index (κ2) is 6.40. The Morgan fingerprint density at radius 2 is 1.57 bits per heavy atom. The van der Waals surface area contributed by atoms with Crippen LogP contribution in [0.15, 0.2) is 42.7 Å². The van der Waals surface area contributed by atoms with E-state index in [2.05, 4.69) is 15.3 Å². The molecule has 0 aliphatic rings. The second-order valence-electron chi connectivity index (χ2n) is 6.25. The molecule has 2 rings (SSSR count). The van der Waals surface area contributed by atoms with E-state index in [1.165, 1.54) is 24.5 Å². The average Bonchev–Trinajstić information content (AvgIpc) is 2.52. The van der Waals surface area contributed by atoms with Crippen molar-refractivity contribution in [3.05, 3.63) is 59.7 Å². The molecule has 1 N–H and O–H groups in total. The molecular formula is C17H19F2N3O. The van der Waals surface area contributed by atoms with Crippen molar-refractivity contribution in [2.75, 3.05) is 0 Å². The lowest BCUT2D eigenvalue weighted by molar-refractivity contribution is -0.147. The Hall–Kier alpha value is -2.37. The van der Waals surface area contributed by atoms with Gasteiger partial charge in [0.1, 0.15) is 5.82 Å². The van der Waals surface area contributed by atoms with Gasteiger partial charge in [-0.1, -0.05) is 45.0 Å². The number of hydrogen-bond acceptors (Lipinski definition) is 3. The quantitative estimate of drug-likeness (QED) is 0.941. The molecule has 0 unspecified atom stereocenters. The maximum atomic E-state index is 14.2. The van der Waals surface area contributed by atoms with Gasteiger partial charge in [0.15, 0.2) is 0 Å². The van der Waals surface area contributed by atoms with Gasteiger partial charge < -0.3 is 5.32 Å². The van der Waals surface area contributed by atoms with Crippen LogP contribution in [-0.2, 0) is 22.7 Å². The van der Waals surface area contributed by atoms with E-state index in [0.717, 1.165) is 5.56 Å². The molecule has 6 heteroatoms. The Kier molecular flexibility index (Phi) is 4.73. The van der Waals surface area contributed by atoms with E-state index in [1.54, 1.807) is 18.2 Å². The lowest BCUT2D eigenvalue weighted by Gasteiger charge is -2.21. The topological polar surface area (TPSA) is 54.9 Å². The van der Waals surface area contributed by atoms with E-state index >= 15 is 0 Å². The molecule has 1 aromatic heterocycles. The fourth-order valence-electron chi connectivity index (χ4n) is 2.00. The van der Waals surface area contributed by atoms with Crippen molar-refractivity contribution in [1.82, 2.24) is 15.3 Å². The third-order valence-corrected chi connectivity index (χ3v) is 3.42. The predicted molar refractivity (Wildman–Crippen MR) is 82.9 cm³/mol. The van der Waals surface area contributed by atoms with E-state index in [-0.39, 0.29) is 23.3 Å². The maximum absolute atomic E-state index is 14.2. The van der Waals surface area contributed by atoms with Crippen molar-refractivity contribution in [3.8, 4) is 0 Å². The first-order chi connectivity index (χ1) is 10.7. The number of nitrogens with one attached hydrogen (secondary N) is 1. The Morgan fingerprint density at radius 1 is 1.04 bits per heavy atom. The van der Waals surface area contributed by atoms with E-state index in [4.69, 9.17) is 0 Å². The van der Waals surface area contributed by atoms with Gasteiger partial charge in [0.05, 0.1) is 6.54 Å². The van der Waals surface area contributed by atoms with Crippen LogP contribution in [0.4, 0.5) is 8.78 Å². The zero-order valence-electron chi connectivity index (χ0n) is 13.3. The van der Waals surface area contributed by atoms with Gasteiger partial charge in [-0.05, 0) is 17.0 Å². The molecule has 0 bridgehead atoms. The van der Waals surface area contributed by atoms with Crippen LogP contribution in [0.5, 0.6) is 0 Å². The molecule has 0 saturated carbocycles. The van der Waals surface area contributed by atoms with E-state index in [9.17, 15) is 13.6 Å². The summed E-state index contributed by atoms with van der Waals surface area (Å²) < 4.78 is 28.5. The molecule has 0 saturated heterocycles. The Bertz CT molecular complexity index is 664. The molecule has 0 radical (unpaired) electrons. The number of benzene rings is 1. The SMILES string of the molecule is CC(C)(C)c1ccc(C(F)(F)C(=O)NCc2ncccn2)cc1. The summed E-state index contributed by atoms with van der Waals surface area (Å²) in [5.74, 6) is -4.70. The zero-order valence-corrected chi connectivity index (χ0v) is 13.3. The Balaban J connectivity index is 2.09. The highest BCUT2D eigenvalue weighted by molar-refractivity contribution is 5.84. The van der Waals surface area contributed by atoms with Crippen LogP contribution in [0.25, 0.3) is 0 Å². The number of nitrogens with zero attached hydrogens (tertiary/aromatic N) is 2. The summed E-state index contributed by atoms with van der Waals surface area (Å²) in [7, 11) is 0. The van der Waals surface area contributed by atoms with Gasteiger partial charge in [-0.2, -0.15) is 8.78 Å². The normalized spacial score (nSPS) is 12.0. The molecule has 0 spiro atoms. The van der Waals surface area contributed by atoms with Gasteiger partial charge in [0.2, 0.25) is 0 Å². The van der Waals surface area contributed by atoms with Crippen LogP contribution in [0.2, 0.25) is 0 Å². The summed E-state index contributed by atoms with van der Waals surface area (Å²) in [6.45, 7) is 5.83. The third-order valence-electron chi connectivity index (χ3n) is 3.42. The summed E-state index contributed by atoms with van der Waals surface area (Å²) in [4.78, 5) is 19.6. The minimum Gasteiger partial charge on any atom is -0.343 e. The number of aromatic nitrogens is 2. The smallest absolute Gasteiger partial charge is 0.343 e. The fraction of sp³-hybridized carbons (Fsp3) is 0.353. The first-order valence-corrected chi connectivity index (χ1v) is 7.24. The predicted octanol–water partition coefficient (Wildman–Crippen LogP) is 3.18. The van der Waals surface area contributed by atoms with Gasteiger partial charge in [-0.3, -0.25) is 4.79 Å². The highest BCUT2D eigenvalue weighted by Gasteiger charge is 2.40. The van der Waals surface area contributed by atoms with Crippen molar-refractivity contribution in [1.29, 1.82) is 0 Å². The number of carbonyl (C=O) groups excluding carboxylic acids is 1. The fourth-order valence-corrected chi connectivity index (χ4v) is 2.00. The van der Waals surface area contributed by atoms with E-state index < -0.39 is 11.8 Å². The van der Waals surface area contributed by atoms with Gasteiger partial charge in [0.25, 0.3) is 5.91 Å². The molecule has 0 atom stereocenters. The van der Waals surface area contributed by atoms with Crippen molar-refractivity contribution >= 4 is 5.91 Å². The van der Waals surface area contributed by atoms with Gasteiger partial charge in [-0.15, -0.1) is 0 Å². The number of halogens is 2. The first-order valence-electron chi connectivity index (χ1n) is 7.24. The van der Waals surface area contributed by atoms with Crippen LogP contribution >= 0.6 is 0 Å². The van der Waals surface area contributed by atoms with Gasteiger partial charge in [0, 0.05) is 18.0 Å². The molecule has 23 heavy (non-hydrogen) atoms. The van der Waals surface area contributed by atoms with E-state index in [1.807, 2.05) is 20.8 Å². The first kappa shape index (κ1) is 17.0. The second-order valence-corrected chi connectivity index (χ2v) is 6.25. The molecule has 4 nitrogen and oxygen atoms in total. The summed E-state index contributed by atoms with van der Waals surface area (Å²) in [5.41, 5.74) is 0.452. The van der Waals surface area contributed by atoms with Crippen LogP contribution in [0, 0.1) is 0 Å². The Labute approximate surface area is 134 Å². The number of rotatable bonds is 4. The third kappa shape index (κ3) is 4.09. The average molecular weight is 319 g/mol. The van der Waals surface area contributed by atoms with Gasteiger partial charge in [-0.25, -0.2) is 9.97 Å². The summed E-state index contributed by atoms with van der Waals surface area (Å²) in [5, 5.41) is 2.17. The highest BCUT2D eigenvalue weighted by Crippen LogP contribution is 2.30. The van der Waals surface area contributed by atoms with Crippen LogP contribution in [-0.4, -0.2) is 15.9 Å². The van der Waals surface area contributed by atoms with Crippen LogP contribution in [0.3, 0.4) is 0 Å². The zero-order chi connectivity index (χ0) is 17.1. The largest absolute Gasteiger partial charge is 0.349 e. The molecular weight excluding hydrogens is 300 g/mol. The lowest BCUT2D eigenvalue weighted by atomic mass is 9.86. The van der Waals surface area contributed by atoms with Crippen molar-refractivity contribution in [2.24, 2.45) is 0 Å². The summed E-state index contributed by atoms with van der Waals surface area (Å²) in [6.07, 6.45) is 2.97. The molecule has 2 aromatic rings. The molecule has 122 valence electrons.